The number of amides is 2. The molecule has 0 atom stereocenters. The van der Waals surface area contributed by atoms with Crippen LogP contribution in [0.5, 0.6) is 0 Å². The van der Waals surface area contributed by atoms with Crippen LogP contribution < -0.4 is 5.32 Å². The third-order valence-corrected chi connectivity index (χ3v) is 2.75. The van der Waals surface area contributed by atoms with Crippen molar-refractivity contribution in [3.8, 4) is 0 Å². The van der Waals surface area contributed by atoms with Crippen molar-refractivity contribution in [1.82, 2.24) is 10.2 Å². The largest absolute Gasteiger partial charge is 0.464 e. The Kier molecular flexibility index (Phi) is 2.69. The van der Waals surface area contributed by atoms with Crippen molar-refractivity contribution in [3.63, 3.8) is 0 Å². The number of aryl methyl sites for hydroxylation is 1. The molecule has 0 spiro atoms. The Balaban J connectivity index is 2.15. The first-order valence-electron chi connectivity index (χ1n) is 5.54. The zero-order chi connectivity index (χ0) is 12.6. The minimum absolute atomic E-state index is 0.0853. The van der Waals surface area contributed by atoms with Crippen LogP contribution in [0.2, 0.25) is 0 Å². The molecule has 1 fully saturated rings. The Morgan fingerprint density at radius 1 is 1.41 bits per heavy atom. The molecule has 1 N–H and O–H groups in total. The third-order valence-electron chi connectivity index (χ3n) is 2.75. The van der Waals surface area contributed by atoms with Gasteiger partial charge in [-0.05, 0) is 32.9 Å². The average Bonchev–Trinajstić information content (AvgIpc) is 2.59. The van der Waals surface area contributed by atoms with E-state index in [1.165, 1.54) is 4.90 Å². The summed E-state index contributed by atoms with van der Waals surface area (Å²) in [6, 6.07) is 3.66. The highest BCUT2D eigenvalue weighted by atomic mass is 16.3. The first-order valence-corrected chi connectivity index (χ1v) is 5.54. The highest BCUT2D eigenvalue weighted by Crippen LogP contribution is 2.17. The van der Waals surface area contributed by atoms with E-state index in [0.717, 1.165) is 5.76 Å². The van der Waals surface area contributed by atoms with Gasteiger partial charge in [-0.25, -0.2) is 0 Å². The summed E-state index contributed by atoms with van der Waals surface area (Å²) in [4.78, 5) is 25.1. The summed E-state index contributed by atoms with van der Waals surface area (Å²) < 4.78 is 5.41. The molecule has 2 rings (SSSR count). The SMILES string of the molecule is Cc1ccc(CN2CC(=O)NC(C)(C)C2=O)o1. The Labute approximate surface area is 99.8 Å². The normalized spacial score (nSPS) is 19.4. The first kappa shape index (κ1) is 11.7. The number of rotatable bonds is 2. The quantitative estimate of drug-likeness (QED) is 0.827. The molecule has 1 aromatic heterocycles. The third kappa shape index (κ3) is 2.33. The fraction of sp³-hybridized carbons (Fsp3) is 0.500. The summed E-state index contributed by atoms with van der Waals surface area (Å²) in [5.41, 5.74) is -0.836. The molecular formula is C12H16N2O3. The topological polar surface area (TPSA) is 62.6 Å². The van der Waals surface area contributed by atoms with Crippen molar-refractivity contribution in [2.75, 3.05) is 6.54 Å². The molecule has 5 heteroatoms. The summed E-state index contributed by atoms with van der Waals surface area (Å²) in [6.07, 6.45) is 0. The van der Waals surface area contributed by atoms with Gasteiger partial charge in [0.15, 0.2) is 0 Å². The second-order valence-corrected chi connectivity index (χ2v) is 4.85. The van der Waals surface area contributed by atoms with Crippen molar-refractivity contribution in [1.29, 1.82) is 0 Å². The molecule has 1 aliphatic heterocycles. The number of furan rings is 1. The lowest BCUT2D eigenvalue weighted by Gasteiger charge is -2.36. The maximum atomic E-state index is 12.1. The van der Waals surface area contributed by atoms with Crippen LogP contribution in [-0.4, -0.2) is 28.8 Å². The molecule has 92 valence electrons. The van der Waals surface area contributed by atoms with Gasteiger partial charge in [-0.1, -0.05) is 0 Å². The number of piperazine rings is 1. The fourth-order valence-corrected chi connectivity index (χ4v) is 1.97. The van der Waals surface area contributed by atoms with Crippen molar-refractivity contribution in [2.45, 2.75) is 32.9 Å². The van der Waals surface area contributed by atoms with E-state index in [9.17, 15) is 9.59 Å². The standard InChI is InChI=1S/C12H16N2O3/c1-8-4-5-9(17-8)6-14-7-10(15)13-12(2,3)11(14)16/h4-5H,6-7H2,1-3H3,(H,13,15). The number of hydrogen-bond acceptors (Lipinski definition) is 3. The zero-order valence-corrected chi connectivity index (χ0v) is 10.2. The van der Waals surface area contributed by atoms with Gasteiger partial charge in [-0.3, -0.25) is 9.59 Å². The van der Waals surface area contributed by atoms with Gasteiger partial charge >= 0.3 is 0 Å². The van der Waals surface area contributed by atoms with E-state index < -0.39 is 5.54 Å². The molecule has 0 aliphatic carbocycles. The Bertz CT molecular complexity index is 462. The average molecular weight is 236 g/mol. The molecule has 0 saturated carbocycles. The van der Waals surface area contributed by atoms with Gasteiger partial charge < -0.3 is 14.6 Å². The van der Waals surface area contributed by atoms with Crippen LogP contribution in [0.4, 0.5) is 0 Å². The highest BCUT2D eigenvalue weighted by Gasteiger charge is 2.39. The van der Waals surface area contributed by atoms with Gasteiger partial charge in [0.2, 0.25) is 11.8 Å². The van der Waals surface area contributed by atoms with Crippen molar-refractivity contribution >= 4 is 11.8 Å². The molecule has 0 radical (unpaired) electrons. The summed E-state index contributed by atoms with van der Waals surface area (Å²) in [5, 5.41) is 2.67. The van der Waals surface area contributed by atoms with Crippen LogP contribution in [0.3, 0.4) is 0 Å². The van der Waals surface area contributed by atoms with E-state index in [-0.39, 0.29) is 18.4 Å². The molecule has 0 aromatic carbocycles. The van der Waals surface area contributed by atoms with E-state index >= 15 is 0 Å². The Hall–Kier alpha value is -1.78. The van der Waals surface area contributed by atoms with Crippen LogP contribution >= 0.6 is 0 Å². The van der Waals surface area contributed by atoms with E-state index in [1.54, 1.807) is 13.8 Å². The van der Waals surface area contributed by atoms with Gasteiger partial charge in [-0.15, -0.1) is 0 Å². The maximum Gasteiger partial charge on any atom is 0.248 e. The molecule has 1 aliphatic rings. The van der Waals surface area contributed by atoms with Crippen LogP contribution in [0.1, 0.15) is 25.4 Å². The zero-order valence-electron chi connectivity index (χ0n) is 10.2. The number of carbonyl (C=O) groups is 2. The van der Waals surface area contributed by atoms with Gasteiger partial charge in [-0.2, -0.15) is 0 Å². The molecular weight excluding hydrogens is 220 g/mol. The number of nitrogens with one attached hydrogen (secondary N) is 1. The summed E-state index contributed by atoms with van der Waals surface area (Å²) >= 11 is 0. The van der Waals surface area contributed by atoms with E-state index in [1.807, 2.05) is 19.1 Å². The lowest BCUT2D eigenvalue weighted by atomic mass is 10.0. The molecule has 1 saturated heterocycles. The number of nitrogens with zero attached hydrogens (tertiary/aromatic N) is 1. The molecule has 2 heterocycles. The number of hydrogen-bond donors (Lipinski definition) is 1. The van der Waals surface area contributed by atoms with Crippen LogP contribution in [0, 0.1) is 6.92 Å². The van der Waals surface area contributed by atoms with Crippen LogP contribution in [0.25, 0.3) is 0 Å². The summed E-state index contributed by atoms with van der Waals surface area (Å²) in [5.74, 6) is 1.26. The molecule has 17 heavy (non-hydrogen) atoms. The molecule has 0 unspecified atom stereocenters. The van der Waals surface area contributed by atoms with Crippen LogP contribution in [-0.2, 0) is 16.1 Å². The Morgan fingerprint density at radius 3 is 2.71 bits per heavy atom. The molecule has 5 nitrogen and oxygen atoms in total. The van der Waals surface area contributed by atoms with Gasteiger partial charge in [0, 0.05) is 0 Å². The Morgan fingerprint density at radius 2 is 2.12 bits per heavy atom. The minimum atomic E-state index is -0.836. The summed E-state index contributed by atoms with van der Waals surface area (Å²) in [7, 11) is 0. The smallest absolute Gasteiger partial charge is 0.248 e. The maximum absolute atomic E-state index is 12.1. The van der Waals surface area contributed by atoms with E-state index in [4.69, 9.17) is 4.42 Å². The van der Waals surface area contributed by atoms with Gasteiger partial charge in [0.05, 0.1) is 6.54 Å². The molecule has 0 bridgehead atoms. The second-order valence-electron chi connectivity index (χ2n) is 4.85. The molecule has 2 amide bonds. The van der Waals surface area contributed by atoms with E-state index in [2.05, 4.69) is 5.32 Å². The predicted octanol–water partition coefficient (Wildman–Crippen LogP) is 0.825. The lowest BCUT2D eigenvalue weighted by Crippen LogP contribution is -2.63. The van der Waals surface area contributed by atoms with Crippen molar-refractivity contribution in [2.24, 2.45) is 0 Å². The van der Waals surface area contributed by atoms with Gasteiger partial charge in [0.25, 0.3) is 0 Å². The molecule has 1 aromatic rings. The summed E-state index contributed by atoms with van der Waals surface area (Å²) in [6.45, 7) is 5.67. The van der Waals surface area contributed by atoms with E-state index in [0.29, 0.717) is 12.3 Å². The van der Waals surface area contributed by atoms with Gasteiger partial charge in [0.1, 0.15) is 23.6 Å². The monoisotopic (exact) mass is 236 g/mol. The number of carbonyl (C=O) groups excluding carboxylic acids is 2. The lowest BCUT2D eigenvalue weighted by molar-refractivity contribution is -0.149. The highest BCUT2D eigenvalue weighted by molar-refractivity contribution is 5.97. The second kappa shape index (κ2) is 3.91. The fourth-order valence-electron chi connectivity index (χ4n) is 1.97. The predicted molar refractivity (Wildman–Crippen MR) is 61.1 cm³/mol. The minimum Gasteiger partial charge on any atom is -0.464 e. The van der Waals surface area contributed by atoms with Crippen LogP contribution in [0.15, 0.2) is 16.5 Å². The van der Waals surface area contributed by atoms with Crippen molar-refractivity contribution < 1.29 is 14.0 Å². The van der Waals surface area contributed by atoms with Crippen molar-refractivity contribution in [3.05, 3.63) is 23.7 Å². The first-order chi connectivity index (χ1) is 7.88.